The van der Waals surface area contributed by atoms with E-state index in [0.29, 0.717) is 22.5 Å². The number of nitrogens with zero attached hydrogens (tertiary/aromatic N) is 2. The molecule has 1 aromatic heterocycles. The molecule has 0 spiro atoms. The first-order chi connectivity index (χ1) is 13.6. The maximum absolute atomic E-state index is 13.4. The Morgan fingerprint density at radius 1 is 1.27 bits per heavy atom. The zero-order valence-corrected chi connectivity index (χ0v) is 19.5. The maximum atomic E-state index is 13.4. The summed E-state index contributed by atoms with van der Waals surface area (Å²) in [4.78, 5) is 27.0. The molecule has 0 aliphatic heterocycles. The van der Waals surface area contributed by atoms with Crippen molar-refractivity contribution in [2.75, 3.05) is 0 Å². The van der Waals surface area contributed by atoms with Crippen LogP contribution in [0, 0.1) is 5.82 Å². The van der Waals surface area contributed by atoms with Gasteiger partial charge in [0, 0.05) is 31.4 Å². The van der Waals surface area contributed by atoms with E-state index in [-0.39, 0.29) is 41.9 Å². The Bertz CT molecular complexity index is 957. The third-order valence-electron chi connectivity index (χ3n) is 4.43. The molecular weight excluding hydrogens is 402 g/mol. The molecule has 1 aromatic carbocycles. The van der Waals surface area contributed by atoms with E-state index in [0.717, 1.165) is 0 Å². The Morgan fingerprint density at radius 2 is 1.87 bits per heavy atom. The van der Waals surface area contributed by atoms with Crippen LogP contribution in [0.1, 0.15) is 43.9 Å². The molecule has 0 unspecified atom stereocenters. The van der Waals surface area contributed by atoms with E-state index in [2.05, 4.69) is 4.98 Å². The fourth-order valence-corrected chi connectivity index (χ4v) is 3.04. The van der Waals surface area contributed by atoms with Gasteiger partial charge in [-0.05, 0) is 35.7 Å². The van der Waals surface area contributed by atoms with Gasteiger partial charge in [0.2, 0.25) is 0 Å². The first-order valence-electron chi connectivity index (χ1n) is 9.21. The number of aliphatic hydroxyl groups excluding tert-OH is 2. The van der Waals surface area contributed by atoms with Crippen LogP contribution in [0.4, 0.5) is 4.39 Å². The summed E-state index contributed by atoms with van der Waals surface area (Å²) < 4.78 is 14.7. The molecule has 7 nitrogen and oxygen atoms in total. The molecule has 0 aliphatic carbocycles. The Hall–Kier alpha value is -1.84. The predicted octanol–water partition coefficient (Wildman–Crippen LogP) is -2.02. The second-order valence-corrected chi connectivity index (χ2v) is 7.15. The number of aromatic nitrogens is 2. The van der Waals surface area contributed by atoms with E-state index < -0.39 is 36.1 Å². The van der Waals surface area contributed by atoms with Gasteiger partial charge in [-0.15, -0.1) is 0 Å². The van der Waals surface area contributed by atoms with Gasteiger partial charge in [0.1, 0.15) is 5.82 Å². The number of hydrogen-bond acceptors (Lipinski definition) is 6. The number of hydrogen-bond donors (Lipinski definition) is 2. The van der Waals surface area contributed by atoms with Crippen molar-refractivity contribution in [1.29, 1.82) is 0 Å². The van der Waals surface area contributed by atoms with Crippen molar-refractivity contribution in [3.63, 3.8) is 0 Å². The normalized spacial score (nSPS) is 13.3. The number of aliphatic carboxylic acids is 1. The molecule has 0 radical (unpaired) electrons. The van der Waals surface area contributed by atoms with Crippen molar-refractivity contribution in [1.82, 2.24) is 9.55 Å². The van der Waals surface area contributed by atoms with Crippen LogP contribution in [0.5, 0.6) is 0 Å². The van der Waals surface area contributed by atoms with Crippen LogP contribution < -0.4 is 40.4 Å². The minimum absolute atomic E-state index is 0. The van der Waals surface area contributed by atoms with E-state index in [1.165, 1.54) is 22.8 Å². The zero-order chi connectivity index (χ0) is 21.7. The summed E-state index contributed by atoms with van der Waals surface area (Å²) in [6.07, 6.45) is -0.158. The van der Waals surface area contributed by atoms with Crippen molar-refractivity contribution >= 4 is 12.0 Å². The SMILES string of the molecule is CC(C)c1nc(=O)n(C)c(-c2ccc(F)cc2)c1/C=C/[C@@H](O)C[C@@H](O)CC(=O)[O-].[Na+]. The largest absolute Gasteiger partial charge is 1.00 e. The van der Waals surface area contributed by atoms with Gasteiger partial charge in [-0.3, -0.25) is 4.57 Å². The third kappa shape index (κ3) is 6.85. The Kier molecular flexibility index (Phi) is 10.1. The quantitative estimate of drug-likeness (QED) is 0.471. The molecule has 0 amide bonds. The number of carbonyl (C=O) groups excluding carboxylic acids is 1. The Morgan fingerprint density at radius 3 is 2.40 bits per heavy atom. The number of carboxylic acids is 1. The number of aliphatic hydroxyl groups is 2. The maximum Gasteiger partial charge on any atom is 1.00 e. The Balaban J connectivity index is 0.00000450. The van der Waals surface area contributed by atoms with Gasteiger partial charge in [0.15, 0.2) is 0 Å². The molecule has 2 aromatic rings. The molecular formula is C21H24FN2NaO5. The zero-order valence-electron chi connectivity index (χ0n) is 17.5. The predicted molar refractivity (Wildman–Crippen MR) is 104 cm³/mol. The summed E-state index contributed by atoms with van der Waals surface area (Å²) >= 11 is 0. The smallest absolute Gasteiger partial charge is 0.550 e. The summed E-state index contributed by atoms with van der Waals surface area (Å²) in [5.41, 5.74) is 1.72. The van der Waals surface area contributed by atoms with Gasteiger partial charge in [0.05, 0.1) is 23.6 Å². The molecule has 0 aliphatic rings. The van der Waals surface area contributed by atoms with Crippen molar-refractivity contribution in [3.8, 4) is 11.3 Å². The van der Waals surface area contributed by atoms with Crippen LogP contribution in [0.15, 0.2) is 35.1 Å². The molecule has 0 saturated carbocycles. The number of rotatable bonds is 8. The molecule has 1 heterocycles. The van der Waals surface area contributed by atoms with Gasteiger partial charge < -0.3 is 20.1 Å². The summed E-state index contributed by atoms with van der Waals surface area (Å²) in [7, 11) is 1.55. The van der Waals surface area contributed by atoms with Crippen LogP contribution in [-0.2, 0) is 11.8 Å². The van der Waals surface area contributed by atoms with Crippen LogP contribution in [0.25, 0.3) is 17.3 Å². The van der Waals surface area contributed by atoms with E-state index >= 15 is 0 Å². The van der Waals surface area contributed by atoms with E-state index in [1.807, 2.05) is 13.8 Å². The van der Waals surface area contributed by atoms with Gasteiger partial charge >= 0.3 is 35.2 Å². The van der Waals surface area contributed by atoms with Crippen molar-refractivity contribution in [2.45, 2.75) is 44.8 Å². The summed E-state index contributed by atoms with van der Waals surface area (Å²) in [5.74, 6) is -1.92. The third-order valence-corrected chi connectivity index (χ3v) is 4.43. The molecule has 2 N–H and O–H groups in total. The van der Waals surface area contributed by atoms with Gasteiger partial charge in [-0.25, -0.2) is 9.18 Å². The van der Waals surface area contributed by atoms with Gasteiger partial charge in [-0.1, -0.05) is 26.0 Å². The molecule has 2 atom stereocenters. The molecule has 30 heavy (non-hydrogen) atoms. The average Bonchev–Trinajstić information content (AvgIpc) is 2.62. The summed E-state index contributed by atoms with van der Waals surface area (Å²) in [5, 5.41) is 30.4. The van der Waals surface area contributed by atoms with Gasteiger partial charge in [-0.2, -0.15) is 4.98 Å². The number of halogens is 1. The number of carboxylic acid groups (broad SMARTS) is 1. The second kappa shape index (κ2) is 11.5. The first-order valence-corrected chi connectivity index (χ1v) is 9.21. The molecule has 2 rings (SSSR count). The molecule has 156 valence electrons. The van der Waals surface area contributed by atoms with Gasteiger partial charge in [0.25, 0.3) is 0 Å². The molecule has 0 saturated heterocycles. The minimum Gasteiger partial charge on any atom is -0.550 e. The van der Waals surface area contributed by atoms with Crippen molar-refractivity contribution in [3.05, 3.63) is 57.9 Å². The average molecular weight is 426 g/mol. The fourth-order valence-electron chi connectivity index (χ4n) is 3.04. The summed E-state index contributed by atoms with van der Waals surface area (Å²) in [6, 6.07) is 5.67. The van der Waals surface area contributed by atoms with Crippen LogP contribution in [-0.4, -0.2) is 37.9 Å². The van der Waals surface area contributed by atoms with E-state index in [4.69, 9.17) is 0 Å². The van der Waals surface area contributed by atoms with Crippen LogP contribution >= 0.6 is 0 Å². The Labute approximate surface area is 196 Å². The van der Waals surface area contributed by atoms with Crippen LogP contribution in [0.2, 0.25) is 0 Å². The molecule has 9 heteroatoms. The topological polar surface area (TPSA) is 115 Å². The number of carbonyl (C=O) groups is 1. The second-order valence-electron chi connectivity index (χ2n) is 7.15. The van der Waals surface area contributed by atoms with Crippen LogP contribution in [0.3, 0.4) is 0 Å². The standard InChI is InChI=1S/C21H25FN2O5.Na/c1-12(2)19-17(9-8-15(25)10-16(26)11-18(27)28)20(24(3)21(29)23-19)13-4-6-14(22)7-5-13;/h4-9,12,15-16,25-26H,10-11H2,1-3H3,(H,27,28);/q;+1/p-1/b9-8+;/t15-,16-;/m1./s1. The molecule has 0 fully saturated rings. The van der Waals surface area contributed by atoms with Crippen molar-refractivity contribution < 1.29 is 54.1 Å². The fraction of sp³-hybridized carbons (Fsp3) is 0.381. The first kappa shape index (κ1) is 26.2. The van der Waals surface area contributed by atoms with E-state index in [1.54, 1.807) is 25.3 Å². The monoisotopic (exact) mass is 426 g/mol. The van der Waals surface area contributed by atoms with Crippen molar-refractivity contribution in [2.24, 2.45) is 7.05 Å². The number of benzene rings is 1. The van der Waals surface area contributed by atoms with E-state index in [9.17, 15) is 29.3 Å². The minimum atomic E-state index is -1.41. The summed E-state index contributed by atoms with van der Waals surface area (Å²) in [6.45, 7) is 3.74. The molecule has 0 bridgehead atoms.